The van der Waals surface area contributed by atoms with E-state index >= 15 is 0 Å². The summed E-state index contributed by atoms with van der Waals surface area (Å²) in [5, 5.41) is 15.9. The van der Waals surface area contributed by atoms with Crippen molar-refractivity contribution in [2.45, 2.75) is 25.7 Å². The van der Waals surface area contributed by atoms with E-state index in [0.717, 1.165) is 29.1 Å². The van der Waals surface area contributed by atoms with Gasteiger partial charge >= 0.3 is 0 Å². The lowest BCUT2D eigenvalue weighted by molar-refractivity contribution is -0.384. The molecule has 0 unspecified atom stereocenters. The zero-order valence-corrected chi connectivity index (χ0v) is 14.6. The lowest BCUT2D eigenvalue weighted by Crippen LogP contribution is -2.07. The van der Waals surface area contributed by atoms with E-state index in [9.17, 15) is 10.1 Å². The Morgan fingerprint density at radius 3 is 2.52 bits per heavy atom. The van der Waals surface area contributed by atoms with Crippen molar-refractivity contribution < 1.29 is 9.76 Å². The summed E-state index contributed by atoms with van der Waals surface area (Å²) in [4.78, 5) is 15.9. The predicted octanol–water partition coefficient (Wildman–Crippen LogP) is 5.18. The molecule has 0 bridgehead atoms. The maximum atomic E-state index is 10.8. The van der Waals surface area contributed by atoms with Crippen molar-refractivity contribution in [3.05, 3.63) is 74.8 Å². The van der Waals surface area contributed by atoms with Crippen LogP contribution in [0.4, 0.5) is 5.69 Å². The van der Waals surface area contributed by atoms with Gasteiger partial charge in [0.05, 0.1) is 10.6 Å². The maximum Gasteiger partial charge on any atom is 0.269 e. The largest absolute Gasteiger partial charge is 0.396 e. The Balaban J connectivity index is 1.82. The molecular formula is C19H19ClN2O3. The zero-order chi connectivity index (χ0) is 17.8. The van der Waals surface area contributed by atoms with Gasteiger partial charge < -0.3 is 4.84 Å². The van der Waals surface area contributed by atoms with Gasteiger partial charge in [0.1, 0.15) is 6.61 Å². The molecule has 1 aliphatic rings. The summed E-state index contributed by atoms with van der Waals surface area (Å²) < 4.78 is 0. The Labute approximate surface area is 151 Å². The summed E-state index contributed by atoms with van der Waals surface area (Å²) in [6.07, 6.45) is 1.86. The number of oxime groups is 1. The van der Waals surface area contributed by atoms with Gasteiger partial charge in [0.2, 0.25) is 0 Å². The molecule has 2 aromatic carbocycles. The molecule has 2 atom stereocenters. The molecular weight excluding hydrogens is 340 g/mol. The SMILES string of the molecule is CCCO/N=C(/c1ccc([N+](=O)[O-])cc1)[C@H]1C[C@@H]1c1ccc(Cl)cc1. The van der Waals surface area contributed by atoms with Crippen molar-refractivity contribution >= 4 is 23.0 Å². The minimum atomic E-state index is -0.401. The summed E-state index contributed by atoms with van der Waals surface area (Å²) in [6, 6.07) is 14.3. The van der Waals surface area contributed by atoms with E-state index in [1.807, 2.05) is 31.2 Å². The molecule has 1 fully saturated rings. The molecule has 25 heavy (non-hydrogen) atoms. The number of nitro benzene ring substituents is 1. The third kappa shape index (κ3) is 4.17. The number of hydrogen-bond donors (Lipinski definition) is 0. The highest BCUT2D eigenvalue weighted by Crippen LogP contribution is 2.49. The second-order valence-electron chi connectivity index (χ2n) is 6.11. The van der Waals surface area contributed by atoms with Crippen molar-refractivity contribution in [3.63, 3.8) is 0 Å². The van der Waals surface area contributed by atoms with Crippen LogP contribution < -0.4 is 0 Å². The number of non-ortho nitro benzene ring substituents is 1. The normalized spacial score (nSPS) is 19.5. The number of halogens is 1. The van der Waals surface area contributed by atoms with Crippen LogP contribution in [-0.4, -0.2) is 17.2 Å². The Kier molecular flexibility index (Phi) is 5.34. The third-order valence-electron chi connectivity index (χ3n) is 4.27. The first kappa shape index (κ1) is 17.4. The average Bonchev–Trinajstić information content (AvgIpc) is 3.40. The first-order chi connectivity index (χ1) is 12.1. The third-order valence-corrected chi connectivity index (χ3v) is 4.52. The Hall–Kier alpha value is -2.40. The fourth-order valence-corrected chi connectivity index (χ4v) is 3.00. The Morgan fingerprint density at radius 1 is 1.24 bits per heavy atom. The second-order valence-corrected chi connectivity index (χ2v) is 6.55. The predicted molar refractivity (Wildman–Crippen MR) is 98.2 cm³/mol. The van der Waals surface area contributed by atoms with Crippen molar-refractivity contribution in [2.75, 3.05) is 6.61 Å². The minimum absolute atomic E-state index is 0.0719. The standard InChI is InChI=1S/C19H19ClN2O3/c1-2-11-25-21-19(14-5-9-16(10-6-14)22(23)24)18-12-17(18)13-3-7-15(20)8-4-13/h3-10,17-18H,2,11-12H2,1H3/b21-19-/t17-,18+/m1/s1. The molecule has 6 heteroatoms. The summed E-state index contributed by atoms with van der Waals surface area (Å²) in [7, 11) is 0. The van der Waals surface area contributed by atoms with E-state index in [0.29, 0.717) is 12.5 Å². The quantitative estimate of drug-likeness (QED) is 0.296. The Bertz CT molecular complexity index is 772. The summed E-state index contributed by atoms with van der Waals surface area (Å²) in [5.74, 6) is 0.621. The molecule has 0 N–H and O–H groups in total. The summed E-state index contributed by atoms with van der Waals surface area (Å²) in [6.45, 7) is 2.57. The highest BCUT2D eigenvalue weighted by molar-refractivity contribution is 6.30. The van der Waals surface area contributed by atoms with E-state index in [1.54, 1.807) is 12.1 Å². The van der Waals surface area contributed by atoms with Crippen molar-refractivity contribution in [3.8, 4) is 0 Å². The van der Waals surface area contributed by atoms with Gasteiger partial charge in [0.15, 0.2) is 0 Å². The fraction of sp³-hybridized carbons (Fsp3) is 0.316. The van der Waals surface area contributed by atoms with Crippen molar-refractivity contribution in [2.24, 2.45) is 11.1 Å². The smallest absolute Gasteiger partial charge is 0.269 e. The minimum Gasteiger partial charge on any atom is -0.396 e. The van der Waals surface area contributed by atoms with Gasteiger partial charge in [0, 0.05) is 28.6 Å². The highest BCUT2D eigenvalue weighted by Gasteiger charge is 2.43. The molecule has 0 heterocycles. The van der Waals surface area contributed by atoms with E-state index in [1.165, 1.54) is 17.7 Å². The molecule has 2 aromatic rings. The molecule has 1 saturated carbocycles. The number of hydrogen-bond acceptors (Lipinski definition) is 4. The molecule has 0 aromatic heterocycles. The lowest BCUT2D eigenvalue weighted by Gasteiger charge is -2.07. The second kappa shape index (κ2) is 7.66. The molecule has 0 amide bonds. The van der Waals surface area contributed by atoms with Gasteiger partial charge in [-0.15, -0.1) is 0 Å². The molecule has 0 radical (unpaired) electrons. The number of nitro groups is 1. The summed E-state index contributed by atoms with van der Waals surface area (Å²) in [5.41, 5.74) is 3.01. The fourth-order valence-electron chi connectivity index (χ4n) is 2.87. The molecule has 3 rings (SSSR count). The molecule has 1 aliphatic carbocycles. The van der Waals surface area contributed by atoms with Crippen molar-refractivity contribution in [1.82, 2.24) is 0 Å². The van der Waals surface area contributed by atoms with Crippen LogP contribution in [0.15, 0.2) is 53.7 Å². The van der Waals surface area contributed by atoms with E-state index in [-0.39, 0.29) is 11.6 Å². The first-order valence-corrected chi connectivity index (χ1v) is 8.68. The van der Waals surface area contributed by atoms with Gasteiger partial charge in [-0.25, -0.2) is 0 Å². The highest BCUT2D eigenvalue weighted by atomic mass is 35.5. The zero-order valence-electron chi connectivity index (χ0n) is 13.9. The van der Waals surface area contributed by atoms with Gasteiger partial charge in [-0.05, 0) is 48.6 Å². The van der Waals surface area contributed by atoms with Crippen LogP contribution >= 0.6 is 11.6 Å². The van der Waals surface area contributed by atoms with Crippen LogP contribution in [0, 0.1) is 16.0 Å². The number of benzene rings is 2. The average molecular weight is 359 g/mol. The lowest BCUT2D eigenvalue weighted by atomic mass is 10.0. The Morgan fingerprint density at radius 2 is 1.92 bits per heavy atom. The number of rotatable bonds is 7. The topological polar surface area (TPSA) is 64.7 Å². The van der Waals surface area contributed by atoms with Crippen LogP contribution in [0.25, 0.3) is 0 Å². The van der Waals surface area contributed by atoms with Crippen LogP contribution in [0.1, 0.15) is 36.8 Å². The monoisotopic (exact) mass is 358 g/mol. The van der Waals surface area contributed by atoms with Gasteiger partial charge in [-0.3, -0.25) is 10.1 Å². The molecule has 5 nitrogen and oxygen atoms in total. The van der Waals surface area contributed by atoms with Crippen LogP contribution in [0.3, 0.4) is 0 Å². The van der Waals surface area contributed by atoms with Crippen molar-refractivity contribution in [1.29, 1.82) is 0 Å². The first-order valence-electron chi connectivity index (χ1n) is 8.30. The van der Waals surface area contributed by atoms with Gasteiger partial charge in [-0.1, -0.05) is 35.8 Å². The van der Waals surface area contributed by atoms with Crippen LogP contribution in [0.2, 0.25) is 5.02 Å². The van der Waals surface area contributed by atoms with E-state index in [4.69, 9.17) is 16.4 Å². The molecule has 130 valence electrons. The summed E-state index contributed by atoms with van der Waals surface area (Å²) >= 11 is 5.96. The maximum absolute atomic E-state index is 10.8. The molecule has 0 saturated heterocycles. The number of nitrogens with zero attached hydrogens (tertiary/aromatic N) is 2. The van der Waals surface area contributed by atoms with E-state index in [2.05, 4.69) is 5.16 Å². The van der Waals surface area contributed by atoms with Crippen LogP contribution in [-0.2, 0) is 4.84 Å². The van der Waals surface area contributed by atoms with Gasteiger partial charge in [0.25, 0.3) is 5.69 Å². The molecule has 0 spiro atoms. The van der Waals surface area contributed by atoms with Crippen LogP contribution in [0.5, 0.6) is 0 Å². The van der Waals surface area contributed by atoms with E-state index < -0.39 is 4.92 Å². The van der Waals surface area contributed by atoms with Gasteiger partial charge in [-0.2, -0.15) is 0 Å². The molecule has 0 aliphatic heterocycles.